The highest BCUT2D eigenvalue weighted by Crippen LogP contribution is 2.39. The normalized spacial score (nSPS) is 35.7. The van der Waals surface area contributed by atoms with E-state index >= 15 is 0 Å². The summed E-state index contributed by atoms with van der Waals surface area (Å²) in [5.74, 6) is 1.83. The van der Waals surface area contributed by atoms with Gasteiger partial charge in [-0.25, -0.2) is 0 Å². The van der Waals surface area contributed by atoms with Gasteiger partial charge in [0.05, 0.1) is 0 Å². The van der Waals surface area contributed by atoms with Crippen molar-refractivity contribution in [2.24, 2.45) is 17.3 Å². The monoisotopic (exact) mass is 266 g/mol. The molecule has 19 heavy (non-hydrogen) atoms. The molecule has 1 saturated heterocycles. The fourth-order valence-corrected chi connectivity index (χ4v) is 4.20. The van der Waals surface area contributed by atoms with Gasteiger partial charge in [0.15, 0.2) is 0 Å². The summed E-state index contributed by atoms with van der Waals surface area (Å²) < 4.78 is 0. The molecule has 112 valence electrons. The predicted octanol–water partition coefficient (Wildman–Crippen LogP) is 3.52. The molecule has 2 fully saturated rings. The maximum Gasteiger partial charge on any atom is 0.0108 e. The molecule has 0 amide bonds. The van der Waals surface area contributed by atoms with Crippen LogP contribution in [0.4, 0.5) is 0 Å². The van der Waals surface area contributed by atoms with Gasteiger partial charge in [-0.3, -0.25) is 0 Å². The van der Waals surface area contributed by atoms with Gasteiger partial charge in [-0.1, -0.05) is 34.1 Å². The molecule has 0 aromatic heterocycles. The Labute approximate surface area is 120 Å². The molecule has 1 aliphatic heterocycles. The Bertz CT molecular complexity index is 274. The Morgan fingerprint density at radius 3 is 2.63 bits per heavy atom. The van der Waals surface area contributed by atoms with Crippen LogP contribution in [0.25, 0.3) is 0 Å². The lowest BCUT2D eigenvalue weighted by molar-refractivity contribution is 0.108. The molecule has 1 N–H and O–H groups in total. The van der Waals surface area contributed by atoms with E-state index in [1.807, 2.05) is 0 Å². The summed E-state index contributed by atoms with van der Waals surface area (Å²) in [6, 6.07) is 0.763. The van der Waals surface area contributed by atoms with Crippen LogP contribution in [-0.4, -0.2) is 37.1 Å². The number of nitrogens with zero attached hydrogens (tertiary/aromatic N) is 1. The molecule has 2 nitrogen and oxygen atoms in total. The summed E-state index contributed by atoms with van der Waals surface area (Å²) in [5.41, 5.74) is 0.556. The Balaban J connectivity index is 1.90. The average molecular weight is 266 g/mol. The molecule has 2 aliphatic rings. The predicted molar refractivity (Wildman–Crippen MR) is 83.4 cm³/mol. The first-order valence-electron chi connectivity index (χ1n) is 8.50. The first kappa shape index (κ1) is 15.3. The number of rotatable bonds is 5. The van der Waals surface area contributed by atoms with Crippen LogP contribution in [0.15, 0.2) is 0 Å². The Morgan fingerprint density at radius 2 is 2.00 bits per heavy atom. The maximum atomic E-state index is 3.74. The van der Waals surface area contributed by atoms with Crippen molar-refractivity contribution in [2.75, 3.05) is 26.2 Å². The highest BCUT2D eigenvalue weighted by molar-refractivity contribution is 4.91. The molecule has 1 aliphatic carbocycles. The molecule has 0 spiro atoms. The van der Waals surface area contributed by atoms with Crippen molar-refractivity contribution >= 4 is 0 Å². The zero-order valence-electron chi connectivity index (χ0n) is 13.5. The third kappa shape index (κ3) is 4.19. The van der Waals surface area contributed by atoms with Crippen molar-refractivity contribution in [1.29, 1.82) is 0 Å². The number of likely N-dealkylation sites (tertiary alicyclic amines) is 1. The maximum absolute atomic E-state index is 3.74. The summed E-state index contributed by atoms with van der Waals surface area (Å²) in [6.07, 6.45) is 6.95. The van der Waals surface area contributed by atoms with Crippen LogP contribution in [0.3, 0.4) is 0 Å². The first-order valence-corrected chi connectivity index (χ1v) is 8.50. The average Bonchev–Trinajstić information content (AvgIpc) is 2.80. The van der Waals surface area contributed by atoms with E-state index in [-0.39, 0.29) is 0 Å². The Kier molecular flexibility index (Phi) is 5.30. The molecule has 0 radical (unpaired) electrons. The fraction of sp³-hybridized carbons (Fsp3) is 1.00. The van der Waals surface area contributed by atoms with Crippen LogP contribution in [0.5, 0.6) is 0 Å². The number of hydrogen-bond acceptors (Lipinski definition) is 2. The summed E-state index contributed by atoms with van der Waals surface area (Å²) in [5, 5.41) is 3.74. The second-order valence-corrected chi connectivity index (χ2v) is 7.65. The van der Waals surface area contributed by atoms with Crippen molar-refractivity contribution in [3.63, 3.8) is 0 Å². The van der Waals surface area contributed by atoms with Gasteiger partial charge >= 0.3 is 0 Å². The minimum atomic E-state index is 0.556. The standard InChI is InChI=1S/C17H34N2/c1-5-14-8-10-19(12-14)13-15-11-17(3,4)9-7-16(15)18-6-2/h14-16,18H,5-13H2,1-4H3. The second kappa shape index (κ2) is 6.58. The van der Waals surface area contributed by atoms with Gasteiger partial charge in [0.25, 0.3) is 0 Å². The van der Waals surface area contributed by atoms with E-state index in [0.29, 0.717) is 5.41 Å². The quantitative estimate of drug-likeness (QED) is 0.819. The van der Waals surface area contributed by atoms with Crippen molar-refractivity contribution < 1.29 is 0 Å². The van der Waals surface area contributed by atoms with Crippen molar-refractivity contribution in [1.82, 2.24) is 10.2 Å². The molecule has 3 unspecified atom stereocenters. The first-order chi connectivity index (χ1) is 9.04. The van der Waals surface area contributed by atoms with Crippen LogP contribution in [0, 0.1) is 17.3 Å². The lowest BCUT2D eigenvalue weighted by Gasteiger charge is -2.42. The third-order valence-electron chi connectivity index (χ3n) is 5.42. The van der Waals surface area contributed by atoms with Gasteiger partial charge in [-0.15, -0.1) is 0 Å². The number of hydrogen-bond donors (Lipinski definition) is 1. The van der Waals surface area contributed by atoms with Crippen LogP contribution in [0.2, 0.25) is 0 Å². The second-order valence-electron chi connectivity index (χ2n) is 7.65. The van der Waals surface area contributed by atoms with E-state index < -0.39 is 0 Å². The van der Waals surface area contributed by atoms with E-state index in [9.17, 15) is 0 Å². The minimum Gasteiger partial charge on any atom is -0.314 e. The summed E-state index contributed by atoms with van der Waals surface area (Å²) in [7, 11) is 0. The van der Waals surface area contributed by atoms with Gasteiger partial charge in [-0.05, 0) is 56.0 Å². The van der Waals surface area contributed by atoms with Crippen molar-refractivity contribution in [3.05, 3.63) is 0 Å². The van der Waals surface area contributed by atoms with Gasteiger partial charge in [0, 0.05) is 19.1 Å². The highest BCUT2D eigenvalue weighted by Gasteiger charge is 2.36. The van der Waals surface area contributed by atoms with Gasteiger partial charge < -0.3 is 10.2 Å². The Morgan fingerprint density at radius 1 is 1.21 bits per heavy atom. The largest absolute Gasteiger partial charge is 0.314 e. The molecule has 2 rings (SSSR count). The zero-order valence-corrected chi connectivity index (χ0v) is 13.5. The molecule has 3 atom stereocenters. The summed E-state index contributed by atoms with van der Waals surface area (Å²) in [6.45, 7) is 14.7. The van der Waals surface area contributed by atoms with Crippen LogP contribution >= 0.6 is 0 Å². The number of nitrogens with one attached hydrogen (secondary N) is 1. The van der Waals surface area contributed by atoms with Gasteiger partial charge in [0.2, 0.25) is 0 Å². The molecule has 0 aromatic rings. The molecular formula is C17H34N2. The summed E-state index contributed by atoms with van der Waals surface area (Å²) >= 11 is 0. The lowest BCUT2D eigenvalue weighted by Crippen LogP contribution is -2.47. The van der Waals surface area contributed by atoms with E-state index in [1.165, 1.54) is 51.7 Å². The van der Waals surface area contributed by atoms with Crippen LogP contribution in [-0.2, 0) is 0 Å². The highest BCUT2D eigenvalue weighted by atomic mass is 15.2. The SMILES string of the molecule is CCNC1CCC(C)(C)CC1CN1CCC(CC)C1. The molecule has 1 heterocycles. The van der Waals surface area contributed by atoms with Crippen molar-refractivity contribution in [2.45, 2.75) is 65.8 Å². The fourth-order valence-electron chi connectivity index (χ4n) is 4.20. The van der Waals surface area contributed by atoms with E-state index in [1.54, 1.807) is 0 Å². The van der Waals surface area contributed by atoms with Crippen LogP contribution in [0.1, 0.15) is 59.8 Å². The zero-order chi connectivity index (χ0) is 13.9. The van der Waals surface area contributed by atoms with Gasteiger partial charge in [0.1, 0.15) is 0 Å². The molecule has 1 saturated carbocycles. The molecule has 0 aromatic carbocycles. The molecular weight excluding hydrogens is 232 g/mol. The van der Waals surface area contributed by atoms with Gasteiger partial charge in [-0.2, -0.15) is 0 Å². The smallest absolute Gasteiger partial charge is 0.0108 e. The Hall–Kier alpha value is -0.0800. The molecule has 0 bridgehead atoms. The lowest BCUT2D eigenvalue weighted by atomic mass is 9.69. The minimum absolute atomic E-state index is 0.556. The summed E-state index contributed by atoms with van der Waals surface area (Å²) in [4.78, 5) is 2.74. The molecule has 2 heteroatoms. The van der Waals surface area contributed by atoms with Crippen molar-refractivity contribution in [3.8, 4) is 0 Å². The topological polar surface area (TPSA) is 15.3 Å². The van der Waals surface area contributed by atoms with Crippen LogP contribution < -0.4 is 5.32 Å². The van der Waals surface area contributed by atoms with E-state index in [4.69, 9.17) is 0 Å². The van der Waals surface area contributed by atoms with E-state index in [2.05, 4.69) is 37.9 Å². The third-order valence-corrected chi connectivity index (χ3v) is 5.42. The van der Waals surface area contributed by atoms with E-state index in [0.717, 1.165) is 24.4 Å².